The lowest BCUT2D eigenvalue weighted by Gasteiger charge is -2.10. The molecule has 0 fully saturated rings. The molecule has 0 radical (unpaired) electrons. The summed E-state index contributed by atoms with van der Waals surface area (Å²) in [5, 5.41) is 9.86. The maximum atomic E-state index is 5.55. The lowest BCUT2D eigenvalue weighted by molar-refractivity contribution is 0.572. The molecule has 27 heavy (non-hydrogen) atoms. The first-order valence-electron chi connectivity index (χ1n) is 8.66. The van der Waals surface area contributed by atoms with Crippen molar-refractivity contribution in [3.05, 3.63) is 58.4 Å². The van der Waals surface area contributed by atoms with E-state index in [4.69, 9.17) is 4.42 Å². The number of hydrogen-bond acceptors (Lipinski definition) is 5. The van der Waals surface area contributed by atoms with Gasteiger partial charge < -0.3 is 15.1 Å². The zero-order valence-electron chi connectivity index (χ0n) is 15.4. The van der Waals surface area contributed by atoms with Gasteiger partial charge in [0.15, 0.2) is 5.96 Å². The van der Waals surface area contributed by atoms with Crippen molar-refractivity contribution in [2.24, 2.45) is 4.99 Å². The number of guanidine groups is 1. The van der Waals surface area contributed by atoms with Gasteiger partial charge >= 0.3 is 0 Å². The van der Waals surface area contributed by atoms with Crippen LogP contribution in [-0.2, 0) is 19.4 Å². The van der Waals surface area contributed by atoms with Gasteiger partial charge in [0.05, 0.1) is 22.9 Å². The molecule has 3 rings (SSSR count). The number of nitrogens with zero attached hydrogens (tertiary/aromatic N) is 3. The van der Waals surface area contributed by atoms with Gasteiger partial charge in [-0.1, -0.05) is 25.1 Å². The lowest BCUT2D eigenvalue weighted by Crippen LogP contribution is -2.37. The van der Waals surface area contributed by atoms with Crippen LogP contribution in [0.4, 0.5) is 0 Å². The minimum atomic E-state index is 0. The van der Waals surface area contributed by atoms with Crippen molar-refractivity contribution in [1.29, 1.82) is 0 Å². The molecule has 0 saturated heterocycles. The molecule has 144 valence electrons. The molecule has 0 aliphatic rings. The average Bonchev–Trinajstić information content (AvgIpc) is 3.34. The van der Waals surface area contributed by atoms with Crippen LogP contribution >= 0.6 is 35.3 Å². The van der Waals surface area contributed by atoms with Crippen LogP contribution in [0.3, 0.4) is 0 Å². The molecule has 3 aromatic rings. The number of halogens is 1. The van der Waals surface area contributed by atoms with E-state index in [-0.39, 0.29) is 24.0 Å². The van der Waals surface area contributed by atoms with Crippen LogP contribution < -0.4 is 10.6 Å². The number of aliphatic imine (C=N–C) groups is 1. The summed E-state index contributed by atoms with van der Waals surface area (Å²) in [4.78, 5) is 13.3. The molecule has 0 amide bonds. The smallest absolute Gasteiger partial charge is 0.226 e. The maximum absolute atomic E-state index is 5.55. The number of oxazole rings is 1. The molecule has 0 aliphatic heterocycles. The first-order chi connectivity index (χ1) is 12.8. The predicted molar refractivity (Wildman–Crippen MR) is 121 cm³/mol. The first kappa shape index (κ1) is 21.4. The topological polar surface area (TPSA) is 75.3 Å². The van der Waals surface area contributed by atoms with Crippen LogP contribution in [0.1, 0.15) is 23.3 Å². The molecule has 6 nitrogen and oxygen atoms in total. The molecular formula is C19H24IN5OS. The van der Waals surface area contributed by atoms with E-state index in [0.29, 0.717) is 12.4 Å². The summed E-state index contributed by atoms with van der Waals surface area (Å²) >= 11 is 1.72. The van der Waals surface area contributed by atoms with Gasteiger partial charge in [-0.15, -0.1) is 35.3 Å². The van der Waals surface area contributed by atoms with Crippen molar-refractivity contribution in [2.75, 3.05) is 13.6 Å². The van der Waals surface area contributed by atoms with E-state index < -0.39 is 0 Å². The number of aryl methyl sites for hydroxylation is 1. The van der Waals surface area contributed by atoms with E-state index in [9.17, 15) is 0 Å². The van der Waals surface area contributed by atoms with Gasteiger partial charge in [-0.2, -0.15) is 0 Å². The second-order valence-corrected chi connectivity index (χ2v) is 6.64. The molecule has 0 saturated carbocycles. The lowest BCUT2D eigenvalue weighted by atomic mass is 10.2. The summed E-state index contributed by atoms with van der Waals surface area (Å²) in [6, 6.07) is 9.86. The van der Waals surface area contributed by atoms with E-state index in [0.717, 1.165) is 42.3 Å². The standard InChI is InChI=1S/C19H23N5OS.HI/c1-3-17-23-15(13-26-17)9-10-21-19(20-2)22-11-16-12-25-18(24-16)14-7-5-4-6-8-14;/h4-8,12-13H,3,9-11H2,1-2H3,(H2,20,21,22);1H. The Bertz CT molecular complexity index is 847. The Hall–Kier alpha value is -1.94. The fourth-order valence-electron chi connectivity index (χ4n) is 2.43. The van der Waals surface area contributed by atoms with Gasteiger partial charge in [0.25, 0.3) is 0 Å². The zero-order chi connectivity index (χ0) is 18.2. The highest BCUT2D eigenvalue weighted by atomic mass is 127. The van der Waals surface area contributed by atoms with Gasteiger partial charge in [0.1, 0.15) is 6.26 Å². The largest absolute Gasteiger partial charge is 0.444 e. The second kappa shape index (κ2) is 11.0. The third-order valence-corrected chi connectivity index (χ3v) is 4.85. The van der Waals surface area contributed by atoms with Crippen molar-refractivity contribution in [3.63, 3.8) is 0 Å². The minimum Gasteiger partial charge on any atom is -0.444 e. The minimum absolute atomic E-state index is 0. The third-order valence-electron chi connectivity index (χ3n) is 3.81. The van der Waals surface area contributed by atoms with Crippen molar-refractivity contribution in [1.82, 2.24) is 20.6 Å². The summed E-state index contributed by atoms with van der Waals surface area (Å²) in [6.45, 7) is 3.45. The van der Waals surface area contributed by atoms with Crippen molar-refractivity contribution in [3.8, 4) is 11.5 Å². The van der Waals surface area contributed by atoms with Crippen molar-refractivity contribution >= 4 is 41.3 Å². The van der Waals surface area contributed by atoms with Crippen LogP contribution in [0.25, 0.3) is 11.5 Å². The first-order valence-corrected chi connectivity index (χ1v) is 9.54. The van der Waals surface area contributed by atoms with Crippen LogP contribution in [0.15, 0.2) is 51.4 Å². The Kier molecular flexibility index (Phi) is 8.73. The predicted octanol–water partition coefficient (Wildman–Crippen LogP) is 3.89. The highest BCUT2D eigenvalue weighted by molar-refractivity contribution is 14.0. The van der Waals surface area contributed by atoms with Crippen LogP contribution in [0.2, 0.25) is 0 Å². The Balaban J connectivity index is 0.00000261. The number of hydrogen-bond donors (Lipinski definition) is 2. The van der Waals surface area contributed by atoms with Crippen LogP contribution in [0.5, 0.6) is 0 Å². The molecular weight excluding hydrogens is 473 g/mol. The van der Waals surface area contributed by atoms with E-state index in [1.807, 2.05) is 30.3 Å². The maximum Gasteiger partial charge on any atom is 0.226 e. The van der Waals surface area contributed by atoms with Crippen molar-refractivity contribution in [2.45, 2.75) is 26.3 Å². The van der Waals surface area contributed by atoms with Crippen LogP contribution in [0, 0.1) is 0 Å². The summed E-state index contributed by atoms with van der Waals surface area (Å²) in [7, 11) is 1.76. The molecule has 0 spiro atoms. The molecule has 2 heterocycles. The summed E-state index contributed by atoms with van der Waals surface area (Å²) in [5.74, 6) is 1.36. The van der Waals surface area contributed by atoms with Gasteiger partial charge in [-0.3, -0.25) is 4.99 Å². The van der Waals surface area contributed by atoms with E-state index >= 15 is 0 Å². The normalized spacial score (nSPS) is 11.1. The zero-order valence-corrected chi connectivity index (χ0v) is 18.6. The fourth-order valence-corrected chi connectivity index (χ4v) is 3.21. The quantitative estimate of drug-likeness (QED) is 0.295. The highest BCUT2D eigenvalue weighted by Crippen LogP contribution is 2.17. The summed E-state index contributed by atoms with van der Waals surface area (Å²) < 4.78 is 5.55. The molecule has 0 unspecified atom stereocenters. The molecule has 0 aliphatic carbocycles. The highest BCUT2D eigenvalue weighted by Gasteiger charge is 2.07. The number of nitrogens with one attached hydrogen (secondary N) is 2. The summed E-state index contributed by atoms with van der Waals surface area (Å²) in [5.41, 5.74) is 2.92. The van der Waals surface area contributed by atoms with Gasteiger partial charge in [0.2, 0.25) is 5.89 Å². The van der Waals surface area contributed by atoms with Gasteiger partial charge in [-0.05, 0) is 18.6 Å². The van der Waals surface area contributed by atoms with Crippen LogP contribution in [-0.4, -0.2) is 29.5 Å². The molecule has 2 N–H and O–H groups in total. The molecule has 2 aromatic heterocycles. The molecule has 8 heteroatoms. The third kappa shape index (κ3) is 6.31. The van der Waals surface area contributed by atoms with Gasteiger partial charge in [0, 0.05) is 31.0 Å². The van der Waals surface area contributed by atoms with Gasteiger partial charge in [-0.25, -0.2) is 9.97 Å². The Morgan fingerprint density at radius 1 is 1.15 bits per heavy atom. The molecule has 0 atom stereocenters. The SMILES string of the molecule is CCc1nc(CCNC(=NC)NCc2coc(-c3ccccc3)n2)cs1.I. The molecule has 1 aromatic carbocycles. The van der Waals surface area contributed by atoms with E-state index in [1.165, 1.54) is 5.01 Å². The fraction of sp³-hybridized carbons (Fsp3) is 0.316. The number of rotatable bonds is 7. The second-order valence-electron chi connectivity index (χ2n) is 5.70. The Morgan fingerprint density at radius 3 is 2.67 bits per heavy atom. The number of thiazole rings is 1. The number of aromatic nitrogens is 2. The number of benzene rings is 1. The summed E-state index contributed by atoms with van der Waals surface area (Å²) in [6.07, 6.45) is 3.54. The van der Waals surface area contributed by atoms with E-state index in [1.54, 1.807) is 24.6 Å². The van der Waals surface area contributed by atoms with Crippen molar-refractivity contribution < 1.29 is 4.42 Å². The van der Waals surface area contributed by atoms with E-state index in [2.05, 4.69) is 37.9 Å². The Labute approximate surface area is 180 Å². The monoisotopic (exact) mass is 497 g/mol. The molecule has 0 bridgehead atoms. The average molecular weight is 497 g/mol. The Morgan fingerprint density at radius 2 is 1.96 bits per heavy atom.